The molecule has 3 nitrogen and oxygen atoms in total. The van der Waals surface area contributed by atoms with Gasteiger partial charge in [0.15, 0.2) is 0 Å². The van der Waals surface area contributed by atoms with E-state index in [2.05, 4.69) is 53.4 Å². The minimum absolute atomic E-state index is 0.517. The third-order valence-electron chi connectivity index (χ3n) is 3.95. The number of para-hydroxylation sites is 2. The summed E-state index contributed by atoms with van der Waals surface area (Å²) in [5.41, 5.74) is 2.34. The molecule has 3 heteroatoms. The van der Waals surface area contributed by atoms with Gasteiger partial charge in [0.25, 0.3) is 0 Å². The van der Waals surface area contributed by atoms with Crippen molar-refractivity contribution >= 4 is 11.0 Å². The zero-order valence-electron chi connectivity index (χ0n) is 12.3. The van der Waals surface area contributed by atoms with E-state index in [1.54, 1.807) is 0 Å². The monoisotopic (exact) mass is 259 g/mol. The van der Waals surface area contributed by atoms with Crippen molar-refractivity contribution in [2.24, 2.45) is 0 Å². The van der Waals surface area contributed by atoms with E-state index in [4.69, 9.17) is 0 Å². The fourth-order valence-electron chi connectivity index (χ4n) is 2.62. The predicted molar refractivity (Wildman–Crippen MR) is 81.5 cm³/mol. The van der Waals surface area contributed by atoms with Gasteiger partial charge >= 0.3 is 0 Å². The van der Waals surface area contributed by atoms with E-state index < -0.39 is 0 Å². The zero-order valence-corrected chi connectivity index (χ0v) is 12.3. The molecule has 1 aromatic carbocycles. The fraction of sp³-hybridized carbons (Fsp3) is 0.562. The minimum Gasteiger partial charge on any atom is -0.328 e. The number of hydrogen-bond donors (Lipinski definition) is 0. The molecule has 104 valence electrons. The first-order valence-electron chi connectivity index (χ1n) is 7.40. The van der Waals surface area contributed by atoms with Gasteiger partial charge in [-0.05, 0) is 51.5 Å². The molecule has 1 atom stereocenters. The summed E-state index contributed by atoms with van der Waals surface area (Å²) in [6.07, 6.45) is 4.43. The first kappa shape index (κ1) is 14.1. The molecule has 0 amide bonds. The molecule has 0 N–H and O–H groups in total. The van der Waals surface area contributed by atoms with Crippen LogP contribution in [0.3, 0.4) is 0 Å². The highest BCUT2D eigenvalue weighted by Gasteiger charge is 2.09. The molecule has 0 radical (unpaired) electrons. The van der Waals surface area contributed by atoms with Crippen LogP contribution in [0.4, 0.5) is 0 Å². The molecule has 2 rings (SSSR count). The van der Waals surface area contributed by atoms with Crippen LogP contribution in [0.2, 0.25) is 0 Å². The van der Waals surface area contributed by atoms with Gasteiger partial charge in [0.1, 0.15) is 0 Å². The maximum Gasteiger partial charge on any atom is 0.0960 e. The Kier molecular flexibility index (Phi) is 4.97. The Morgan fingerprint density at radius 2 is 1.95 bits per heavy atom. The lowest BCUT2D eigenvalue weighted by atomic mass is 10.1. The summed E-state index contributed by atoms with van der Waals surface area (Å²) in [5.74, 6) is 0. The summed E-state index contributed by atoms with van der Waals surface area (Å²) in [5, 5.41) is 0. The summed E-state index contributed by atoms with van der Waals surface area (Å²) in [4.78, 5) is 6.95. The molecule has 0 bridgehead atoms. The van der Waals surface area contributed by atoms with Crippen molar-refractivity contribution in [3.63, 3.8) is 0 Å². The van der Waals surface area contributed by atoms with E-state index in [9.17, 15) is 0 Å². The standard InChI is InChI=1S/C16H25N3/c1-4-18(5-2)12-8-9-14(3)19-13-17-15-10-6-7-11-16(15)19/h6-7,10-11,13-14H,4-5,8-9,12H2,1-3H3. The SMILES string of the molecule is CCN(CC)CCCC(C)n1cnc2ccccc21. The van der Waals surface area contributed by atoms with E-state index in [0.717, 1.165) is 18.6 Å². The normalized spacial score (nSPS) is 13.3. The molecule has 0 saturated carbocycles. The Hall–Kier alpha value is -1.35. The quantitative estimate of drug-likeness (QED) is 0.755. The second kappa shape index (κ2) is 6.71. The van der Waals surface area contributed by atoms with Crippen molar-refractivity contribution in [2.75, 3.05) is 19.6 Å². The molecule has 19 heavy (non-hydrogen) atoms. The molecule has 1 heterocycles. The van der Waals surface area contributed by atoms with Crippen LogP contribution in [0.5, 0.6) is 0 Å². The van der Waals surface area contributed by atoms with Crippen molar-refractivity contribution in [1.82, 2.24) is 14.5 Å². The Balaban J connectivity index is 1.94. The third-order valence-corrected chi connectivity index (χ3v) is 3.95. The van der Waals surface area contributed by atoms with Crippen LogP contribution in [0, 0.1) is 0 Å². The van der Waals surface area contributed by atoms with Crippen LogP contribution in [-0.4, -0.2) is 34.1 Å². The lowest BCUT2D eigenvalue weighted by Gasteiger charge is -2.20. The number of nitrogens with zero attached hydrogens (tertiary/aromatic N) is 3. The van der Waals surface area contributed by atoms with Crippen LogP contribution in [-0.2, 0) is 0 Å². The molecule has 2 aromatic rings. The second-order valence-corrected chi connectivity index (χ2v) is 5.16. The van der Waals surface area contributed by atoms with Gasteiger partial charge in [-0.15, -0.1) is 0 Å². The number of imidazole rings is 1. The van der Waals surface area contributed by atoms with Gasteiger partial charge in [-0.3, -0.25) is 0 Å². The van der Waals surface area contributed by atoms with Gasteiger partial charge in [-0.2, -0.15) is 0 Å². The van der Waals surface area contributed by atoms with Crippen LogP contribution in [0.1, 0.15) is 39.7 Å². The summed E-state index contributed by atoms with van der Waals surface area (Å²) >= 11 is 0. The van der Waals surface area contributed by atoms with Crippen LogP contribution < -0.4 is 0 Å². The molecular formula is C16H25N3. The van der Waals surface area contributed by atoms with Crippen molar-refractivity contribution in [3.8, 4) is 0 Å². The van der Waals surface area contributed by atoms with E-state index in [-0.39, 0.29) is 0 Å². The molecule has 0 saturated heterocycles. The van der Waals surface area contributed by atoms with Crippen molar-refractivity contribution in [1.29, 1.82) is 0 Å². The number of benzene rings is 1. The van der Waals surface area contributed by atoms with E-state index >= 15 is 0 Å². The molecule has 0 fully saturated rings. The Bertz CT molecular complexity index is 499. The zero-order chi connectivity index (χ0) is 13.7. The molecule has 0 aliphatic heterocycles. The van der Waals surface area contributed by atoms with Crippen molar-refractivity contribution in [3.05, 3.63) is 30.6 Å². The average molecular weight is 259 g/mol. The van der Waals surface area contributed by atoms with E-state index in [1.165, 1.54) is 24.9 Å². The van der Waals surface area contributed by atoms with Gasteiger partial charge in [0, 0.05) is 6.04 Å². The molecule has 1 unspecified atom stereocenters. The van der Waals surface area contributed by atoms with Crippen LogP contribution in [0.15, 0.2) is 30.6 Å². The van der Waals surface area contributed by atoms with Gasteiger partial charge < -0.3 is 9.47 Å². The van der Waals surface area contributed by atoms with Gasteiger partial charge in [-0.1, -0.05) is 26.0 Å². The van der Waals surface area contributed by atoms with Gasteiger partial charge in [0.05, 0.1) is 17.4 Å². The summed E-state index contributed by atoms with van der Waals surface area (Å²) in [7, 11) is 0. The molecular weight excluding hydrogens is 234 g/mol. The number of hydrogen-bond acceptors (Lipinski definition) is 2. The third kappa shape index (κ3) is 3.35. The van der Waals surface area contributed by atoms with Gasteiger partial charge in [0.2, 0.25) is 0 Å². The highest BCUT2D eigenvalue weighted by atomic mass is 15.1. The number of rotatable bonds is 7. The summed E-state index contributed by atoms with van der Waals surface area (Å²) in [6, 6.07) is 8.88. The lowest BCUT2D eigenvalue weighted by molar-refractivity contribution is 0.289. The van der Waals surface area contributed by atoms with Crippen molar-refractivity contribution < 1.29 is 0 Å². The number of fused-ring (bicyclic) bond motifs is 1. The topological polar surface area (TPSA) is 21.1 Å². The molecule has 1 aromatic heterocycles. The van der Waals surface area contributed by atoms with Crippen LogP contribution >= 0.6 is 0 Å². The van der Waals surface area contributed by atoms with E-state index in [0.29, 0.717) is 6.04 Å². The summed E-state index contributed by atoms with van der Waals surface area (Å²) < 4.78 is 2.30. The maximum atomic E-state index is 4.47. The Morgan fingerprint density at radius 3 is 2.68 bits per heavy atom. The Labute approximate surface area is 116 Å². The second-order valence-electron chi connectivity index (χ2n) is 5.16. The largest absolute Gasteiger partial charge is 0.328 e. The number of aromatic nitrogens is 2. The first-order valence-corrected chi connectivity index (χ1v) is 7.40. The smallest absolute Gasteiger partial charge is 0.0960 e. The average Bonchev–Trinajstić information content (AvgIpc) is 2.87. The lowest BCUT2D eigenvalue weighted by Crippen LogP contribution is -2.24. The molecule has 0 aliphatic rings. The predicted octanol–water partition coefficient (Wildman–Crippen LogP) is 3.72. The Morgan fingerprint density at radius 1 is 1.21 bits per heavy atom. The molecule has 0 spiro atoms. The van der Waals surface area contributed by atoms with E-state index in [1.807, 2.05) is 12.4 Å². The minimum atomic E-state index is 0.517. The molecule has 0 aliphatic carbocycles. The first-order chi connectivity index (χ1) is 9.26. The van der Waals surface area contributed by atoms with Crippen LogP contribution in [0.25, 0.3) is 11.0 Å². The fourth-order valence-corrected chi connectivity index (χ4v) is 2.62. The highest BCUT2D eigenvalue weighted by molar-refractivity contribution is 5.75. The maximum absolute atomic E-state index is 4.47. The van der Waals surface area contributed by atoms with Gasteiger partial charge in [-0.25, -0.2) is 4.98 Å². The van der Waals surface area contributed by atoms with Crippen molar-refractivity contribution in [2.45, 2.75) is 39.7 Å². The summed E-state index contributed by atoms with van der Waals surface area (Å²) in [6.45, 7) is 10.3. The highest BCUT2D eigenvalue weighted by Crippen LogP contribution is 2.20.